The number of hydrogen-bond donors (Lipinski definition) is 0. The third kappa shape index (κ3) is 3.16. The number of aromatic nitrogens is 2. The number of amides is 1. The SMILES string of the molecule is O=C1c2cccc3ncc(n23)CN1CCC1CCN(S(=O)(=O)C(F)(F)F)CC1. The Morgan fingerprint density at radius 3 is 2.57 bits per heavy atom. The Bertz CT molecular complexity index is 1010. The number of piperidine rings is 1. The van der Waals surface area contributed by atoms with Gasteiger partial charge in [-0.2, -0.15) is 17.5 Å². The Balaban J connectivity index is 1.36. The van der Waals surface area contributed by atoms with Crippen molar-refractivity contribution in [2.24, 2.45) is 5.92 Å². The summed E-state index contributed by atoms with van der Waals surface area (Å²) in [5.74, 6) is -0.0247. The molecule has 11 heteroatoms. The predicted molar refractivity (Wildman–Crippen MR) is 93.8 cm³/mol. The van der Waals surface area contributed by atoms with E-state index < -0.39 is 15.5 Å². The number of sulfonamides is 1. The van der Waals surface area contributed by atoms with Crippen molar-refractivity contribution in [2.45, 2.75) is 31.3 Å². The number of carbonyl (C=O) groups is 1. The van der Waals surface area contributed by atoms with Crippen LogP contribution >= 0.6 is 0 Å². The number of halogens is 3. The minimum absolute atomic E-state index is 0.0788. The maximum absolute atomic E-state index is 12.7. The molecule has 1 saturated heterocycles. The van der Waals surface area contributed by atoms with Crippen LogP contribution in [0.25, 0.3) is 5.65 Å². The molecule has 152 valence electrons. The average Bonchev–Trinajstić information content (AvgIpc) is 3.07. The topological polar surface area (TPSA) is 75.0 Å². The van der Waals surface area contributed by atoms with E-state index in [1.807, 2.05) is 10.5 Å². The number of rotatable bonds is 4. The van der Waals surface area contributed by atoms with Crippen molar-refractivity contribution in [1.29, 1.82) is 0 Å². The molecule has 1 amide bonds. The van der Waals surface area contributed by atoms with Crippen LogP contribution in [0, 0.1) is 5.92 Å². The smallest absolute Gasteiger partial charge is 0.331 e. The maximum Gasteiger partial charge on any atom is 0.511 e. The van der Waals surface area contributed by atoms with Crippen molar-refractivity contribution >= 4 is 21.6 Å². The summed E-state index contributed by atoms with van der Waals surface area (Å²) in [6.45, 7) is 0.606. The highest BCUT2D eigenvalue weighted by Gasteiger charge is 2.50. The number of nitrogens with zero attached hydrogens (tertiary/aromatic N) is 4. The Morgan fingerprint density at radius 2 is 1.89 bits per heavy atom. The second kappa shape index (κ2) is 6.73. The van der Waals surface area contributed by atoms with Crippen LogP contribution in [0.3, 0.4) is 0 Å². The zero-order valence-electron chi connectivity index (χ0n) is 14.9. The van der Waals surface area contributed by atoms with Gasteiger partial charge in [0, 0.05) is 19.6 Å². The van der Waals surface area contributed by atoms with Crippen molar-refractivity contribution in [1.82, 2.24) is 18.6 Å². The maximum atomic E-state index is 12.7. The van der Waals surface area contributed by atoms with Gasteiger partial charge in [-0.1, -0.05) is 6.07 Å². The molecule has 7 nitrogen and oxygen atoms in total. The molecule has 0 unspecified atom stereocenters. The van der Waals surface area contributed by atoms with Gasteiger partial charge in [-0.05, 0) is 37.3 Å². The molecule has 4 rings (SSSR count). The van der Waals surface area contributed by atoms with Crippen molar-refractivity contribution in [3.05, 3.63) is 35.8 Å². The molecule has 1 fully saturated rings. The van der Waals surface area contributed by atoms with E-state index in [4.69, 9.17) is 0 Å². The van der Waals surface area contributed by atoms with Gasteiger partial charge in [-0.15, -0.1) is 0 Å². The number of alkyl halides is 3. The third-order valence-electron chi connectivity index (χ3n) is 5.47. The Morgan fingerprint density at radius 1 is 1.18 bits per heavy atom. The van der Waals surface area contributed by atoms with E-state index in [2.05, 4.69) is 4.98 Å². The molecule has 0 spiro atoms. The highest BCUT2D eigenvalue weighted by molar-refractivity contribution is 7.90. The van der Waals surface area contributed by atoms with Gasteiger partial charge >= 0.3 is 15.5 Å². The van der Waals surface area contributed by atoms with Gasteiger partial charge in [0.2, 0.25) is 0 Å². The van der Waals surface area contributed by atoms with Gasteiger partial charge in [0.25, 0.3) is 5.91 Å². The Hall–Kier alpha value is -2.14. The first-order valence-electron chi connectivity index (χ1n) is 8.99. The number of imidazole rings is 1. The lowest BCUT2D eigenvalue weighted by Gasteiger charge is -2.33. The van der Waals surface area contributed by atoms with E-state index in [-0.39, 0.29) is 24.9 Å². The van der Waals surface area contributed by atoms with E-state index >= 15 is 0 Å². The molecule has 28 heavy (non-hydrogen) atoms. The van der Waals surface area contributed by atoms with Gasteiger partial charge in [0.1, 0.15) is 11.3 Å². The minimum Gasteiger partial charge on any atom is -0.331 e. The Kier molecular flexibility index (Phi) is 4.61. The quantitative estimate of drug-likeness (QED) is 0.766. The van der Waals surface area contributed by atoms with Gasteiger partial charge in [-0.3, -0.25) is 9.20 Å². The fourth-order valence-corrected chi connectivity index (χ4v) is 4.89. The summed E-state index contributed by atoms with van der Waals surface area (Å²) in [6.07, 6.45) is 3.06. The summed E-state index contributed by atoms with van der Waals surface area (Å²) >= 11 is 0. The van der Waals surface area contributed by atoms with Crippen LogP contribution in [0.5, 0.6) is 0 Å². The molecule has 0 atom stereocenters. The number of pyridine rings is 1. The molecule has 0 radical (unpaired) electrons. The molecule has 2 aromatic rings. The summed E-state index contributed by atoms with van der Waals surface area (Å²) in [6, 6.07) is 5.35. The lowest BCUT2D eigenvalue weighted by Crippen LogP contribution is -2.45. The summed E-state index contributed by atoms with van der Waals surface area (Å²) in [7, 11) is -5.26. The zero-order valence-corrected chi connectivity index (χ0v) is 15.7. The second-order valence-electron chi connectivity index (χ2n) is 7.16. The van der Waals surface area contributed by atoms with E-state index in [0.717, 1.165) is 11.3 Å². The molecule has 2 aliphatic heterocycles. The average molecular weight is 416 g/mol. The predicted octanol–water partition coefficient (Wildman–Crippen LogP) is 2.24. The van der Waals surface area contributed by atoms with Crippen LogP contribution in [-0.2, 0) is 16.6 Å². The third-order valence-corrected chi connectivity index (χ3v) is 7.10. The summed E-state index contributed by atoms with van der Waals surface area (Å²) in [4.78, 5) is 18.7. The van der Waals surface area contributed by atoms with Gasteiger partial charge in [-0.25, -0.2) is 13.4 Å². The summed E-state index contributed by atoms with van der Waals surface area (Å²) in [5, 5.41) is 0. The summed E-state index contributed by atoms with van der Waals surface area (Å²) < 4.78 is 63.3. The molecule has 0 aromatic carbocycles. The van der Waals surface area contributed by atoms with Crippen LogP contribution in [0.1, 0.15) is 35.4 Å². The normalized spacial score (nSPS) is 19.5. The van der Waals surface area contributed by atoms with E-state index in [0.29, 0.717) is 42.4 Å². The van der Waals surface area contributed by atoms with E-state index in [1.54, 1.807) is 23.2 Å². The van der Waals surface area contributed by atoms with Crippen LogP contribution in [0.2, 0.25) is 0 Å². The number of hydrogen-bond acceptors (Lipinski definition) is 4. The van der Waals surface area contributed by atoms with Crippen LogP contribution in [0.4, 0.5) is 13.2 Å². The summed E-state index contributed by atoms with van der Waals surface area (Å²) in [5.41, 5.74) is -3.08. The van der Waals surface area contributed by atoms with Crippen molar-refractivity contribution in [2.75, 3.05) is 19.6 Å². The first kappa shape index (κ1) is 19.2. The molecule has 0 saturated carbocycles. The second-order valence-corrected chi connectivity index (χ2v) is 9.09. The molecule has 0 bridgehead atoms. The molecule has 0 aliphatic carbocycles. The molecule has 2 aromatic heterocycles. The van der Waals surface area contributed by atoms with Crippen LogP contribution in [0.15, 0.2) is 24.4 Å². The number of carbonyl (C=O) groups excluding carboxylic acids is 1. The molecular weight excluding hydrogens is 397 g/mol. The van der Waals surface area contributed by atoms with Crippen molar-refractivity contribution < 1.29 is 26.4 Å². The molecule has 2 aliphatic rings. The highest BCUT2D eigenvalue weighted by atomic mass is 32.2. The van der Waals surface area contributed by atoms with Gasteiger partial charge < -0.3 is 4.90 Å². The van der Waals surface area contributed by atoms with Crippen LogP contribution < -0.4 is 0 Å². The fraction of sp³-hybridized carbons (Fsp3) is 0.529. The first-order valence-corrected chi connectivity index (χ1v) is 10.4. The Labute approximate surface area is 159 Å². The van der Waals surface area contributed by atoms with E-state index in [9.17, 15) is 26.4 Å². The molecule has 0 N–H and O–H groups in total. The van der Waals surface area contributed by atoms with Crippen molar-refractivity contribution in [3.8, 4) is 0 Å². The molecule has 4 heterocycles. The largest absolute Gasteiger partial charge is 0.511 e. The first-order chi connectivity index (χ1) is 13.2. The monoisotopic (exact) mass is 416 g/mol. The minimum atomic E-state index is -5.26. The fourth-order valence-electron chi connectivity index (χ4n) is 3.91. The van der Waals surface area contributed by atoms with Crippen LogP contribution in [-0.4, -0.2) is 58.1 Å². The standard InChI is InChI=1S/C17H19F3N4O3S/c18-17(19,20)28(26,27)23-8-5-12(6-9-23)4-7-22-11-13-10-21-15-3-1-2-14(16(22)25)24(13)15/h1-3,10,12H,4-9,11H2. The zero-order chi connectivity index (χ0) is 20.1. The van der Waals surface area contributed by atoms with Gasteiger partial charge in [0.05, 0.1) is 18.4 Å². The highest BCUT2D eigenvalue weighted by Crippen LogP contribution is 2.31. The lowest BCUT2D eigenvalue weighted by molar-refractivity contribution is -0.0497. The van der Waals surface area contributed by atoms with Gasteiger partial charge in [0.15, 0.2) is 0 Å². The lowest BCUT2D eigenvalue weighted by atomic mass is 9.94. The van der Waals surface area contributed by atoms with E-state index in [1.165, 1.54) is 0 Å². The van der Waals surface area contributed by atoms with Crippen molar-refractivity contribution in [3.63, 3.8) is 0 Å². The molecular formula is C17H19F3N4O3S.